The lowest BCUT2D eigenvalue weighted by molar-refractivity contribution is -0.193. The van der Waals surface area contributed by atoms with Gasteiger partial charge in [0, 0.05) is 31.1 Å². The first-order valence-electron chi connectivity index (χ1n) is 10.5. The number of carbonyl (C=O) groups excluding carboxylic acids is 2. The molecule has 0 saturated carbocycles. The average Bonchev–Trinajstić information content (AvgIpc) is 3.21. The van der Waals surface area contributed by atoms with Gasteiger partial charge < -0.3 is 19.3 Å². The minimum Gasteiger partial charge on any atom is -0.347 e. The van der Waals surface area contributed by atoms with Gasteiger partial charge in [0.25, 0.3) is 5.91 Å². The predicted molar refractivity (Wildman–Crippen MR) is 105 cm³/mol. The van der Waals surface area contributed by atoms with Crippen LogP contribution in [0, 0.1) is 5.92 Å². The summed E-state index contributed by atoms with van der Waals surface area (Å²) in [4.78, 5) is 30.2. The predicted octanol–water partition coefficient (Wildman–Crippen LogP) is 2.68. The number of likely N-dealkylation sites (tertiary alicyclic amines) is 2. The van der Waals surface area contributed by atoms with Crippen molar-refractivity contribution < 1.29 is 19.1 Å². The van der Waals surface area contributed by atoms with E-state index in [1.54, 1.807) is 4.90 Å². The molecule has 3 saturated heterocycles. The van der Waals surface area contributed by atoms with E-state index in [4.69, 9.17) is 9.47 Å². The normalized spacial score (nSPS) is 27.6. The Morgan fingerprint density at radius 1 is 1.00 bits per heavy atom. The van der Waals surface area contributed by atoms with Gasteiger partial charge in [-0.2, -0.15) is 0 Å². The van der Waals surface area contributed by atoms with Crippen LogP contribution in [0.3, 0.4) is 0 Å². The third kappa shape index (κ3) is 3.80. The van der Waals surface area contributed by atoms with Gasteiger partial charge in [0.15, 0.2) is 5.79 Å². The Morgan fingerprint density at radius 2 is 1.75 bits per heavy atom. The number of nitrogens with zero attached hydrogens (tertiary/aromatic N) is 2. The van der Waals surface area contributed by atoms with E-state index >= 15 is 0 Å². The van der Waals surface area contributed by atoms with E-state index in [9.17, 15) is 9.59 Å². The molecule has 3 aliphatic rings. The van der Waals surface area contributed by atoms with Crippen LogP contribution in [0.1, 0.15) is 49.4 Å². The number of hydrogen-bond acceptors (Lipinski definition) is 4. The van der Waals surface area contributed by atoms with Crippen molar-refractivity contribution in [3.8, 4) is 0 Å². The summed E-state index contributed by atoms with van der Waals surface area (Å²) in [5.41, 5.74) is 0.652. The van der Waals surface area contributed by atoms with Crippen molar-refractivity contribution in [3.63, 3.8) is 0 Å². The summed E-state index contributed by atoms with van der Waals surface area (Å²) in [6.45, 7) is 5.25. The van der Waals surface area contributed by atoms with E-state index < -0.39 is 5.79 Å². The zero-order chi connectivity index (χ0) is 19.6. The first-order valence-corrected chi connectivity index (χ1v) is 10.5. The maximum absolute atomic E-state index is 13.4. The molecule has 2 amide bonds. The van der Waals surface area contributed by atoms with Gasteiger partial charge in [0.05, 0.1) is 13.2 Å². The molecule has 0 spiro atoms. The lowest BCUT2D eigenvalue weighted by atomic mass is 9.89. The van der Waals surface area contributed by atoms with Crippen LogP contribution in [0.2, 0.25) is 0 Å². The molecule has 0 aliphatic carbocycles. The van der Waals surface area contributed by atoms with Crippen LogP contribution in [0.5, 0.6) is 0 Å². The standard InChI is InChI=1S/C22H30N2O4/c1-22(27-14-15-28-22)18-10-7-12-23(16-18)21(26)19-11-5-6-13-24(19)20(25)17-8-3-2-4-9-17/h2-4,8-9,18-19H,5-7,10-16H2,1H3. The topological polar surface area (TPSA) is 59.1 Å². The lowest BCUT2D eigenvalue weighted by Gasteiger charge is -2.43. The second kappa shape index (κ2) is 8.21. The number of hydrogen-bond donors (Lipinski definition) is 0. The van der Waals surface area contributed by atoms with E-state index in [1.165, 1.54) is 0 Å². The minimum atomic E-state index is -0.592. The molecular formula is C22H30N2O4. The SMILES string of the molecule is CC1(C2CCCN(C(=O)C3CCCCN3C(=O)c3ccccc3)C2)OCCO1. The fourth-order valence-corrected chi connectivity index (χ4v) is 4.76. The summed E-state index contributed by atoms with van der Waals surface area (Å²) in [6.07, 6.45) is 4.61. The zero-order valence-electron chi connectivity index (χ0n) is 16.6. The van der Waals surface area contributed by atoms with Crippen LogP contribution in [0.15, 0.2) is 30.3 Å². The highest BCUT2D eigenvalue weighted by Gasteiger charge is 2.44. The molecular weight excluding hydrogens is 356 g/mol. The first kappa shape index (κ1) is 19.4. The largest absolute Gasteiger partial charge is 0.347 e. The van der Waals surface area contributed by atoms with Gasteiger partial charge >= 0.3 is 0 Å². The molecule has 28 heavy (non-hydrogen) atoms. The summed E-state index contributed by atoms with van der Waals surface area (Å²) in [6, 6.07) is 8.92. The molecule has 1 aromatic rings. The second-order valence-corrected chi connectivity index (χ2v) is 8.21. The Kier molecular flexibility index (Phi) is 5.69. The Balaban J connectivity index is 1.48. The molecule has 0 aromatic heterocycles. The number of amides is 2. The Morgan fingerprint density at radius 3 is 2.50 bits per heavy atom. The third-order valence-electron chi connectivity index (χ3n) is 6.40. The number of carbonyl (C=O) groups is 2. The zero-order valence-corrected chi connectivity index (χ0v) is 16.6. The number of piperidine rings is 2. The van der Waals surface area contributed by atoms with Crippen molar-refractivity contribution in [3.05, 3.63) is 35.9 Å². The van der Waals surface area contributed by atoms with Gasteiger partial charge in [-0.15, -0.1) is 0 Å². The van der Waals surface area contributed by atoms with Crippen molar-refractivity contribution >= 4 is 11.8 Å². The molecule has 2 atom stereocenters. The molecule has 6 nitrogen and oxygen atoms in total. The summed E-state index contributed by atoms with van der Waals surface area (Å²) in [5, 5.41) is 0. The molecule has 0 bridgehead atoms. The molecule has 0 N–H and O–H groups in total. The molecule has 6 heteroatoms. The van der Waals surface area contributed by atoms with Gasteiger partial charge in [0.1, 0.15) is 6.04 Å². The molecule has 1 aromatic carbocycles. The van der Waals surface area contributed by atoms with Gasteiger partial charge in [-0.25, -0.2) is 0 Å². The molecule has 4 rings (SSSR count). The van der Waals surface area contributed by atoms with E-state index in [2.05, 4.69) is 0 Å². The molecule has 3 heterocycles. The average molecular weight is 386 g/mol. The van der Waals surface area contributed by atoms with Crippen molar-refractivity contribution in [2.75, 3.05) is 32.8 Å². The van der Waals surface area contributed by atoms with Crippen molar-refractivity contribution in [1.82, 2.24) is 9.80 Å². The monoisotopic (exact) mass is 386 g/mol. The second-order valence-electron chi connectivity index (χ2n) is 8.21. The van der Waals surface area contributed by atoms with Gasteiger partial charge in [-0.05, 0) is 51.2 Å². The Bertz CT molecular complexity index is 702. The van der Waals surface area contributed by atoms with Crippen LogP contribution in [-0.4, -0.2) is 66.3 Å². The van der Waals surface area contributed by atoms with Gasteiger partial charge in [0.2, 0.25) is 5.91 Å². The summed E-state index contributed by atoms with van der Waals surface area (Å²) in [7, 11) is 0. The number of benzene rings is 1. The Labute approximate surface area is 166 Å². The maximum atomic E-state index is 13.4. The fourth-order valence-electron chi connectivity index (χ4n) is 4.76. The van der Waals surface area contributed by atoms with E-state index in [1.807, 2.05) is 42.2 Å². The quantitative estimate of drug-likeness (QED) is 0.801. The highest BCUT2D eigenvalue weighted by molar-refractivity contribution is 5.97. The van der Waals surface area contributed by atoms with Crippen LogP contribution in [0.25, 0.3) is 0 Å². The van der Waals surface area contributed by atoms with Crippen molar-refractivity contribution in [1.29, 1.82) is 0 Å². The molecule has 2 unspecified atom stereocenters. The van der Waals surface area contributed by atoms with E-state index in [-0.39, 0.29) is 23.8 Å². The smallest absolute Gasteiger partial charge is 0.254 e. The van der Waals surface area contributed by atoms with Crippen molar-refractivity contribution in [2.24, 2.45) is 5.92 Å². The summed E-state index contributed by atoms with van der Waals surface area (Å²) in [5.74, 6) is -0.378. The molecule has 0 radical (unpaired) electrons. The van der Waals surface area contributed by atoms with Gasteiger partial charge in [-0.3, -0.25) is 9.59 Å². The van der Waals surface area contributed by atoms with E-state index in [0.717, 1.165) is 38.6 Å². The fraction of sp³-hybridized carbons (Fsp3) is 0.636. The molecule has 152 valence electrons. The Hall–Kier alpha value is -1.92. The molecule has 3 aliphatic heterocycles. The molecule has 3 fully saturated rings. The van der Waals surface area contributed by atoms with Gasteiger partial charge in [-0.1, -0.05) is 18.2 Å². The van der Waals surface area contributed by atoms with Crippen LogP contribution in [-0.2, 0) is 14.3 Å². The third-order valence-corrected chi connectivity index (χ3v) is 6.40. The summed E-state index contributed by atoms with van der Waals surface area (Å²) < 4.78 is 11.7. The summed E-state index contributed by atoms with van der Waals surface area (Å²) >= 11 is 0. The van der Waals surface area contributed by atoms with Crippen molar-refractivity contribution in [2.45, 2.75) is 50.9 Å². The minimum absolute atomic E-state index is 0.0402. The first-order chi connectivity index (χ1) is 13.6. The number of ether oxygens (including phenoxy) is 2. The maximum Gasteiger partial charge on any atom is 0.254 e. The number of rotatable bonds is 3. The highest BCUT2D eigenvalue weighted by Crippen LogP contribution is 2.35. The van der Waals surface area contributed by atoms with E-state index in [0.29, 0.717) is 31.9 Å². The van der Waals surface area contributed by atoms with Crippen LogP contribution >= 0.6 is 0 Å². The van der Waals surface area contributed by atoms with Crippen LogP contribution < -0.4 is 0 Å². The lowest BCUT2D eigenvalue weighted by Crippen LogP contribution is -2.56. The van der Waals surface area contributed by atoms with Crippen LogP contribution in [0.4, 0.5) is 0 Å². The highest BCUT2D eigenvalue weighted by atomic mass is 16.7.